The third-order valence-corrected chi connectivity index (χ3v) is 5.93. The molecule has 0 aliphatic carbocycles. The average molecular weight is 298 g/mol. The standard InChI is InChI=1S/C15H26N2O2S/c1-4-15(5-2)6-8-17(9-7-15)14-16-12(11-19-3)13(10-18)20-14/h18H,4-11H2,1-3H3. The quantitative estimate of drug-likeness (QED) is 0.876. The highest BCUT2D eigenvalue weighted by Gasteiger charge is 2.32. The zero-order valence-electron chi connectivity index (χ0n) is 12.8. The molecule has 0 atom stereocenters. The van der Waals surface area contributed by atoms with Crippen molar-refractivity contribution in [3.63, 3.8) is 0 Å². The summed E-state index contributed by atoms with van der Waals surface area (Å²) in [6, 6.07) is 0. The molecule has 0 unspecified atom stereocenters. The molecule has 2 heterocycles. The number of nitrogens with zero attached hydrogens (tertiary/aromatic N) is 2. The van der Waals surface area contributed by atoms with E-state index < -0.39 is 0 Å². The molecule has 1 aromatic heterocycles. The fourth-order valence-electron chi connectivity index (χ4n) is 3.01. The molecule has 1 saturated heterocycles. The molecule has 1 aromatic rings. The molecular weight excluding hydrogens is 272 g/mol. The van der Waals surface area contributed by atoms with Crippen molar-refractivity contribution >= 4 is 16.5 Å². The Labute approximate surface area is 125 Å². The Hall–Kier alpha value is -0.650. The number of ether oxygens (including phenoxy) is 1. The number of hydrogen-bond acceptors (Lipinski definition) is 5. The van der Waals surface area contributed by atoms with Gasteiger partial charge in [-0.25, -0.2) is 4.98 Å². The smallest absolute Gasteiger partial charge is 0.185 e. The maximum atomic E-state index is 9.41. The largest absolute Gasteiger partial charge is 0.391 e. The first-order valence-electron chi connectivity index (χ1n) is 7.51. The summed E-state index contributed by atoms with van der Waals surface area (Å²) in [5.74, 6) is 0. The Kier molecular flexibility index (Phi) is 5.41. The number of methoxy groups -OCH3 is 1. The second kappa shape index (κ2) is 6.87. The molecule has 1 aliphatic heterocycles. The van der Waals surface area contributed by atoms with Gasteiger partial charge < -0.3 is 14.7 Å². The number of anilines is 1. The minimum Gasteiger partial charge on any atom is -0.391 e. The van der Waals surface area contributed by atoms with Crippen LogP contribution in [0, 0.1) is 5.41 Å². The lowest BCUT2D eigenvalue weighted by atomic mass is 9.74. The van der Waals surface area contributed by atoms with Gasteiger partial charge in [0, 0.05) is 20.2 Å². The highest BCUT2D eigenvalue weighted by atomic mass is 32.1. The predicted molar refractivity (Wildman–Crippen MR) is 83.2 cm³/mol. The normalized spacial score (nSPS) is 18.5. The van der Waals surface area contributed by atoms with Gasteiger partial charge >= 0.3 is 0 Å². The lowest BCUT2D eigenvalue weighted by Crippen LogP contribution is -2.39. The maximum absolute atomic E-state index is 9.41. The van der Waals surface area contributed by atoms with Gasteiger partial charge in [-0.15, -0.1) is 0 Å². The summed E-state index contributed by atoms with van der Waals surface area (Å²) >= 11 is 1.61. The summed E-state index contributed by atoms with van der Waals surface area (Å²) < 4.78 is 5.15. The Morgan fingerprint density at radius 2 is 1.95 bits per heavy atom. The van der Waals surface area contributed by atoms with Crippen molar-refractivity contribution in [2.75, 3.05) is 25.1 Å². The summed E-state index contributed by atoms with van der Waals surface area (Å²) in [6.07, 6.45) is 5.03. The van der Waals surface area contributed by atoms with Crippen molar-refractivity contribution in [1.29, 1.82) is 0 Å². The first kappa shape index (κ1) is 15.7. The molecule has 114 valence electrons. The van der Waals surface area contributed by atoms with E-state index in [9.17, 15) is 5.11 Å². The molecule has 0 aromatic carbocycles. The summed E-state index contributed by atoms with van der Waals surface area (Å²) in [5.41, 5.74) is 1.42. The minimum atomic E-state index is 0.0536. The molecule has 0 saturated carbocycles. The molecule has 0 bridgehead atoms. The van der Waals surface area contributed by atoms with Gasteiger partial charge in [0.25, 0.3) is 0 Å². The fourth-order valence-corrected chi connectivity index (χ4v) is 3.98. The van der Waals surface area contributed by atoms with Crippen LogP contribution in [0.2, 0.25) is 0 Å². The van der Waals surface area contributed by atoms with Gasteiger partial charge in [0.05, 0.1) is 23.8 Å². The van der Waals surface area contributed by atoms with Crippen LogP contribution >= 0.6 is 11.3 Å². The second-order valence-electron chi connectivity index (χ2n) is 5.65. The SMILES string of the molecule is CCC1(CC)CCN(c2nc(COC)c(CO)s2)CC1. The number of aromatic nitrogens is 1. The molecule has 1 aliphatic rings. The van der Waals surface area contributed by atoms with Gasteiger partial charge in [0.2, 0.25) is 0 Å². The van der Waals surface area contributed by atoms with Crippen LogP contribution in [0.25, 0.3) is 0 Å². The molecular formula is C15H26N2O2S. The molecule has 0 spiro atoms. The number of aliphatic hydroxyl groups excluding tert-OH is 1. The van der Waals surface area contributed by atoms with Crippen LogP contribution in [-0.4, -0.2) is 30.3 Å². The highest BCUT2D eigenvalue weighted by molar-refractivity contribution is 7.15. The summed E-state index contributed by atoms with van der Waals surface area (Å²) in [4.78, 5) is 7.96. The summed E-state index contributed by atoms with van der Waals surface area (Å²) in [7, 11) is 1.66. The molecule has 20 heavy (non-hydrogen) atoms. The molecule has 0 amide bonds. The zero-order valence-corrected chi connectivity index (χ0v) is 13.6. The van der Waals surface area contributed by atoms with Gasteiger partial charge in [0.15, 0.2) is 5.13 Å². The summed E-state index contributed by atoms with van der Waals surface area (Å²) in [6.45, 7) is 7.30. The second-order valence-corrected chi connectivity index (χ2v) is 6.71. The Morgan fingerprint density at radius 3 is 2.45 bits per heavy atom. The molecule has 1 fully saturated rings. The van der Waals surface area contributed by atoms with E-state index in [0.29, 0.717) is 12.0 Å². The first-order chi connectivity index (χ1) is 9.68. The van der Waals surface area contributed by atoms with E-state index in [0.717, 1.165) is 28.8 Å². The van der Waals surface area contributed by atoms with Gasteiger partial charge in [-0.1, -0.05) is 38.0 Å². The predicted octanol–water partition coefficient (Wildman–Crippen LogP) is 3.19. The first-order valence-corrected chi connectivity index (χ1v) is 8.33. The van der Waals surface area contributed by atoms with Gasteiger partial charge in [-0.05, 0) is 18.3 Å². The Morgan fingerprint density at radius 1 is 1.30 bits per heavy atom. The van der Waals surface area contributed by atoms with Crippen LogP contribution < -0.4 is 4.90 Å². The third kappa shape index (κ3) is 3.15. The Balaban J connectivity index is 2.07. The van der Waals surface area contributed by atoms with Crippen molar-refractivity contribution in [2.24, 2.45) is 5.41 Å². The van der Waals surface area contributed by atoms with E-state index >= 15 is 0 Å². The number of aliphatic hydroxyl groups is 1. The van der Waals surface area contributed by atoms with Gasteiger partial charge in [-0.2, -0.15) is 0 Å². The van der Waals surface area contributed by atoms with Crippen molar-refractivity contribution in [1.82, 2.24) is 4.98 Å². The van der Waals surface area contributed by atoms with Crippen molar-refractivity contribution in [3.8, 4) is 0 Å². The monoisotopic (exact) mass is 298 g/mol. The molecule has 1 N–H and O–H groups in total. The van der Waals surface area contributed by atoms with Crippen LogP contribution in [0.3, 0.4) is 0 Å². The Bertz CT molecular complexity index is 420. The molecule has 5 heteroatoms. The molecule has 2 rings (SSSR count). The van der Waals surface area contributed by atoms with E-state index in [1.165, 1.54) is 25.7 Å². The summed E-state index contributed by atoms with van der Waals surface area (Å²) in [5, 5.41) is 10.5. The fraction of sp³-hybridized carbons (Fsp3) is 0.800. The lowest BCUT2D eigenvalue weighted by molar-refractivity contribution is 0.178. The number of hydrogen-bond donors (Lipinski definition) is 1. The zero-order chi connectivity index (χ0) is 14.6. The van der Waals surface area contributed by atoms with E-state index in [2.05, 4.69) is 23.7 Å². The van der Waals surface area contributed by atoms with Crippen LogP contribution in [0.4, 0.5) is 5.13 Å². The van der Waals surface area contributed by atoms with Crippen LogP contribution in [0.1, 0.15) is 50.1 Å². The number of piperidine rings is 1. The van der Waals surface area contributed by atoms with Crippen molar-refractivity contribution < 1.29 is 9.84 Å². The van der Waals surface area contributed by atoms with Crippen LogP contribution in [-0.2, 0) is 18.0 Å². The number of thiazole rings is 1. The topological polar surface area (TPSA) is 45.6 Å². The molecule has 4 nitrogen and oxygen atoms in total. The van der Waals surface area contributed by atoms with Crippen LogP contribution in [0.15, 0.2) is 0 Å². The van der Waals surface area contributed by atoms with Crippen LogP contribution in [0.5, 0.6) is 0 Å². The average Bonchev–Trinajstić information content (AvgIpc) is 2.91. The lowest BCUT2D eigenvalue weighted by Gasteiger charge is -2.40. The van der Waals surface area contributed by atoms with Crippen molar-refractivity contribution in [2.45, 2.75) is 52.7 Å². The maximum Gasteiger partial charge on any atom is 0.185 e. The van der Waals surface area contributed by atoms with E-state index in [4.69, 9.17) is 4.74 Å². The minimum absolute atomic E-state index is 0.0536. The van der Waals surface area contributed by atoms with E-state index in [1.807, 2.05) is 0 Å². The van der Waals surface area contributed by atoms with Gasteiger partial charge in [0.1, 0.15) is 0 Å². The van der Waals surface area contributed by atoms with E-state index in [-0.39, 0.29) is 6.61 Å². The van der Waals surface area contributed by atoms with E-state index in [1.54, 1.807) is 18.4 Å². The highest BCUT2D eigenvalue weighted by Crippen LogP contribution is 2.40. The van der Waals surface area contributed by atoms with Crippen molar-refractivity contribution in [3.05, 3.63) is 10.6 Å². The number of rotatable bonds is 6. The third-order valence-electron chi connectivity index (χ3n) is 4.79. The van der Waals surface area contributed by atoms with Gasteiger partial charge in [-0.3, -0.25) is 0 Å². The molecule has 0 radical (unpaired) electrons.